The van der Waals surface area contributed by atoms with E-state index in [-0.39, 0.29) is 11.0 Å². The van der Waals surface area contributed by atoms with Crippen molar-refractivity contribution in [1.82, 2.24) is 4.98 Å². The zero-order valence-electron chi connectivity index (χ0n) is 5.49. The lowest BCUT2D eigenvalue weighted by Crippen LogP contribution is -1.71. The minimum atomic E-state index is 0. The number of nitrogens with zero attached hydrogens (tertiary/aromatic N) is 1. The molecule has 1 aromatic heterocycles. The van der Waals surface area contributed by atoms with Crippen LogP contribution in [0.15, 0.2) is 42.7 Å². The van der Waals surface area contributed by atoms with E-state index in [1.807, 2.05) is 30.6 Å². The average Bonchev–Trinajstić information content (AvgIpc) is 2.05. The van der Waals surface area contributed by atoms with E-state index >= 15 is 0 Å². The lowest BCUT2D eigenvalue weighted by molar-refractivity contribution is 1.36. The van der Waals surface area contributed by atoms with Gasteiger partial charge in [0.25, 0.3) is 0 Å². The van der Waals surface area contributed by atoms with E-state index < -0.39 is 0 Å². The lowest BCUT2D eigenvalue weighted by Gasteiger charge is -1.91. The summed E-state index contributed by atoms with van der Waals surface area (Å²) in [6.45, 7) is 0. The van der Waals surface area contributed by atoms with Crippen molar-refractivity contribution in [1.29, 1.82) is 0 Å². The van der Waals surface area contributed by atoms with Crippen LogP contribution in [0, 0.1) is 0 Å². The van der Waals surface area contributed by atoms with Gasteiger partial charge in [-0.15, -0.1) is 0 Å². The molecule has 0 aliphatic carbocycles. The minimum absolute atomic E-state index is 0. The Kier molecular flexibility index (Phi) is 2.38. The van der Waals surface area contributed by atoms with Gasteiger partial charge >= 0.3 is 0 Å². The van der Waals surface area contributed by atoms with Crippen LogP contribution in [0.2, 0.25) is 0 Å². The molecule has 0 radical (unpaired) electrons. The van der Waals surface area contributed by atoms with Crippen molar-refractivity contribution < 1.29 is 0 Å². The summed E-state index contributed by atoms with van der Waals surface area (Å²) in [7, 11) is 0. The number of hydrogen-bond donors (Lipinski definition) is 0. The molecule has 2 aromatic rings. The van der Waals surface area contributed by atoms with Gasteiger partial charge in [0.1, 0.15) is 0 Å². The van der Waals surface area contributed by atoms with Crippen LogP contribution >= 0.6 is 0 Å². The first kappa shape index (κ1) is 7.95. The van der Waals surface area contributed by atoms with E-state index in [9.17, 15) is 0 Å². The first-order chi connectivity index (χ1) is 4.97. The Hall–Kier alpha value is -1.15. The fourth-order valence-corrected chi connectivity index (χ4v) is 1.03. The summed E-state index contributed by atoms with van der Waals surface area (Å²) in [6.07, 6.45) is 3.68. The summed E-state index contributed by atoms with van der Waals surface area (Å²) in [5, 5.41) is 2.45. The predicted octanol–water partition coefficient (Wildman–Crippen LogP) is 0.783. The van der Waals surface area contributed by atoms with Gasteiger partial charge in [-0.25, -0.2) is 0 Å². The van der Waals surface area contributed by atoms with Crippen LogP contribution in [0.3, 0.4) is 0 Å². The van der Waals surface area contributed by atoms with Crippen molar-refractivity contribution in [3.63, 3.8) is 0 Å². The largest absolute Gasteiger partial charge is 0.264 e. The zero-order chi connectivity index (χ0) is 6.81. The molecule has 0 N–H and O–H groups in total. The molecule has 0 saturated heterocycles. The fraction of sp³-hybridized carbons (Fsp3) is 0. The summed E-state index contributed by atoms with van der Waals surface area (Å²) in [5.74, 6) is 0. The molecule has 56 valence electrons. The highest BCUT2D eigenvalue weighted by Gasteiger charge is 1.86. The van der Waals surface area contributed by atoms with Gasteiger partial charge in [0.05, 0.1) is 0 Å². The van der Waals surface area contributed by atoms with E-state index in [1.54, 1.807) is 0 Å². The van der Waals surface area contributed by atoms with Crippen LogP contribution in [0.1, 0.15) is 0 Å². The molecule has 1 heterocycles. The highest BCUT2D eigenvalue weighted by molar-refractivity contribution is 5.80. The Morgan fingerprint density at radius 2 is 1.64 bits per heavy atom. The molecule has 0 fully saturated rings. The van der Waals surface area contributed by atoms with Crippen molar-refractivity contribution >= 4 is 21.7 Å². The van der Waals surface area contributed by atoms with E-state index in [1.165, 1.54) is 10.8 Å². The highest BCUT2D eigenvalue weighted by atomic mass is 28.1. The van der Waals surface area contributed by atoms with Gasteiger partial charge in [-0.3, -0.25) is 4.98 Å². The van der Waals surface area contributed by atoms with Crippen molar-refractivity contribution in [2.45, 2.75) is 0 Å². The molecule has 0 unspecified atom stereocenters. The van der Waals surface area contributed by atoms with Crippen molar-refractivity contribution in [2.24, 2.45) is 0 Å². The molecule has 1 aromatic carbocycles. The Labute approximate surface area is 70.1 Å². The minimum Gasteiger partial charge on any atom is -0.264 e. The standard InChI is InChI=1S/C9H7N.H4Si/c1-2-4-9-7-10-6-5-8(9)3-1;/h1-7H;1H4. The summed E-state index contributed by atoms with van der Waals surface area (Å²) >= 11 is 0. The molecule has 1 nitrogen and oxygen atoms in total. The van der Waals surface area contributed by atoms with E-state index in [0.717, 1.165) is 0 Å². The number of hydrogen-bond acceptors (Lipinski definition) is 1. The van der Waals surface area contributed by atoms with Gasteiger partial charge in [0, 0.05) is 12.4 Å². The number of benzene rings is 1. The number of rotatable bonds is 0. The maximum atomic E-state index is 4.01. The van der Waals surface area contributed by atoms with Gasteiger partial charge in [0.2, 0.25) is 0 Å². The maximum Gasteiger partial charge on any atom is 0.0346 e. The lowest BCUT2D eigenvalue weighted by atomic mass is 10.2. The maximum absolute atomic E-state index is 4.01. The predicted molar refractivity (Wildman–Crippen MR) is 53.1 cm³/mol. The Morgan fingerprint density at radius 3 is 2.36 bits per heavy atom. The summed E-state index contributed by atoms with van der Waals surface area (Å²) in [4.78, 5) is 4.01. The quantitative estimate of drug-likeness (QED) is 0.520. The molecule has 2 heteroatoms. The van der Waals surface area contributed by atoms with Gasteiger partial charge in [-0.2, -0.15) is 0 Å². The normalized spacial score (nSPS) is 9.09. The van der Waals surface area contributed by atoms with E-state index in [2.05, 4.69) is 17.1 Å². The second-order valence-corrected chi connectivity index (χ2v) is 2.22. The molecular formula is C9H11NSi. The third kappa shape index (κ3) is 1.46. The van der Waals surface area contributed by atoms with E-state index in [4.69, 9.17) is 0 Å². The monoisotopic (exact) mass is 161 g/mol. The summed E-state index contributed by atoms with van der Waals surface area (Å²) < 4.78 is 0. The van der Waals surface area contributed by atoms with Gasteiger partial charge in [-0.05, 0) is 27.8 Å². The smallest absolute Gasteiger partial charge is 0.0346 e. The summed E-state index contributed by atoms with van der Waals surface area (Å²) in [6, 6.07) is 10.2. The number of aromatic nitrogens is 1. The van der Waals surface area contributed by atoms with Crippen molar-refractivity contribution in [2.75, 3.05) is 0 Å². The Bertz CT molecular complexity index is 281. The topological polar surface area (TPSA) is 12.9 Å². The second-order valence-electron chi connectivity index (χ2n) is 2.22. The Balaban J connectivity index is 0.000000605. The molecular weight excluding hydrogens is 150 g/mol. The van der Waals surface area contributed by atoms with Crippen LogP contribution in [0.5, 0.6) is 0 Å². The SMILES string of the molecule is [SiH4].c1ccc2cnccc2c1. The van der Waals surface area contributed by atoms with Gasteiger partial charge in [-0.1, -0.05) is 24.3 Å². The molecule has 0 aliphatic rings. The van der Waals surface area contributed by atoms with Gasteiger partial charge in [0.15, 0.2) is 0 Å². The van der Waals surface area contributed by atoms with Crippen molar-refractivity contribution in [3.05, 3.63) is 42.7 Å². The molecule has 0 amide bonds. The molecule has 0 bridgehead atoms. The van der Waals surface area contributed by atoms with Crippen LogP contribution in [-0.2, 0) is 0 Å². The first-order valence-electron chi connectivity index (χ1n) is 3.25. The Morgan fingerprint density at radius 1 is 0.909 bits per heavy atom. The van der Waals surface area contributed by atoms with Gasteiger partial charge < -0.3 is 0 Å². The molecule has 0 spiro atoms. The first-order valence-corrected chi connectivity index (χ1v) is 3.25. The molecule has 0 saturated carbocycles. The molecule has 0 atom stereocenters. The van der Waals surface area contributed by atoms with Crippen LogP contribution in [0.4, 0.5) is 0 Å². The third-order valence-electron chi connectivity index (χ3n) is 1.55. The molecule has 2 rings (SSSR count). The molecule has 11 heavy (non-hydrogen) atoms. The third-order valence-corrected chi connectivity index (χ3v) is 1.55. The van der Waals surface area contributed by atoms with Crippen LogP contribution in [0.25, 0.3) is 10.8 Å². The molecule has 0 aliphatic heterocycles. The van der Waals surface area contributed by atoms with Crippen LogP contribution in [-0.4, -0.2) is 15.9 Å². The fourth-order valence-electron chi connectivity index (χ4n) is 1.03. The summed E-state index contributed by atoms with van der Waals surface area (Å²) in [5.41, 5.74) is 0. The number of fused-ring (bicyclic) bond motifs is 1. The second kappa shape index (κ2) is 3.30. The zero-order valence-corrected chi connectivity index (χ0v) is 5.49. The van der Waals surface area contributed by atoms with Crippen LogP contribution < -0.4 is 0 Å². The highest BCUT2D eigenvalue weighted by Crippen LogP contribution is 2.09. The average molecular weight is 161 g/mol. The van der Waals surface area contributed by atoms with Crippen molar-refractivity contribution in [3.8, 4) is 0 Å². The van der Waals surface area contributed by atoms with E-state index in [0.29, 0.717) is 0 Å². The number of pyridine rings is 1.